The summed E-state index contributed by atoms with van der Waals surface area (Å²) in [5, 5.41) is 2.79. The van der Waals surface area contributed by atoms with E-state index in [4.69, 9.17) is 21.1 Å². The van der Waals surface area contributed by atoms with Gasteiger partial charge in [-0.2, -0.15) is 0 Å². The van der Waals surface area contributed by atoms with E-state index in [0.29, 0.717) is 5.75 Å². The molecule has 1 N–H and O–H groups in total. The summed E-state index contributed by atoms with van der Waals surface area (Å²) in [6, 6.07) is 6.91. The summed E-state index contributed by atoms with van der Waals surface area (Å²) in [6.07, 6.45) is 0. The van der Waals surface area contributed by atoms with Crippen molar-refractivity contribution in [3.8, 4) is 11.5 Å². The Morgan fingerprint density at radius 2 is 1.36 bits per heavy atom. The third-order valence-corrected chi connectivity index (χ3v) is 4.01. The van der Waals surface area contributed by atoms with Crippen LogP contribution in [0.2, 0.25) is 5.02 Å². The molecular formula is C19H18ClNO7. The fourth-order valence-corrected chi connectivity index (χ4v) is 2.71. The summed E-state index contributed by atoms with van der Waals surface area (Å²) in [4.78, 5) is 36.3. The second-order valence-electron chi connectivity index (χ2n) is 5.43. The molecule has 0 aliphatic rings. The Balaban J connectivity index is 2.41. The van der Waals surface area contributed by atoms with Crippen molar-refractivity contribution in [1.29, 1.82) is 0 Å². The highest BCUT2D eigenvalue weighted by atomic mass is 35.5. The summed E-state index contributed by atoms with van der Waals surface area (Å²) < 4.78 is 19.7. The van der Waals surface area contributed by atoms with Gasteiger partial charge in [0, 0.05) is 11.3 Å². The van der Waals surface area contributed by atoms with Gasteiger partial charge in [-0.15, -0.1) is 0 Å². The zero-order valence-corrected chi connectivity index (χ0v) is 16.4. The first-order chi connectivity index (χ1) is 13.3. The molecule has 0 unspecified atom stereocenters. The minimum absolute atomic E-state index is 0.0750. The Kier molecular flexibility index (Phi) is 6.84. The fourth-order valence-electron chi connectivity index (χ4n) is 2.42. The standard InChI is InChI=1S/C19H18ClNO7/c1-25-15-9-10(8-14(20)16(15)26-2)17(22)21-13-6-11(18(23)27-3)5-12(7-13)19(24)28-4/h5-9H,1-4H3,(H,21,22). The van der Waals surface area contributed by atoms with Crippen LogP contribution >= 0.6 is 11.6 Å². The Labute approximate surface area is 166 Å². The van der Waals surface area contributed by atoms with Crippen LogP contribution in [0.25, 0.3) is 0 Å². The first kappa shape index (κ1) is 21.0. The van der Waals surface area contributed by atoms with Crippen molar-refractivity contribution in [2.75, 3.05) is 33.8 Å². The molecule has 0 atom stereocenters. The van der Waals surface area contributed by atoms with E-state index in [2.05, 4.69) is 14.8 Å². The van der Waals surface area contributed by atoms with E-state index in [0.717, 1.165) is 0 Å². The predicted octanol–water partition coefficient (Wildman–Crippen LogP) is 3.18. The SMILES string of the molecule is COC(=O)c1cc(NC(=O)c2cc(Cl)c(OC)c(OC)c2)cc(C(=O)OC)c1. The maximum absolute atomic E-state index is 12.6. The number of anilines is 1. The summed E-state index contributed by atoms with van der Waals surface area (Å²) in [5.41, 5.74) is 0.530. The Morgan fingerprint density at radius 3 is 1.82 bits per heavy atom. The fraction of sp³-hybridized carbons (Fsp3) is 0.211. The second-order valence-corrected chi connectivity index (χ2v) is 5.84. The van der Waals surface area contributed by atoms with Crippen molar-refractivity contribution in [3.05, 3.63) is 52.0 Å². The number of nitrogens with one attached hydrogen (secondary N) is 1. The lowest BCUT2D eigenvalue weighted by Gasteiger charge is -2.13. The number of ether oxygens (including phenoxy) is 4. The Bertz CT molecular complexity index is 892. The summed E-state index contributed by atoms with van der Waals surface area (Å²) >= 11 is 6.12. The van der Waals surface area contributed by atoms with Crippen LogP contribution in [-0.4, -0.2) is 46.3 Å². The zero-order chi connectivity index (χ0) is 20.8. The van der Waals surface area contributed by atoms with Gasteiger partial charge in [0.05, 0.1) is 44.6 Å². The van der Waals surface area contributed by atoms with Gasteiger partial charge in [0.2, 0.25) is 0 Å². The highest BCUT2D eigenvalue weighted by Crippen LogP contribution is 2.36. The molecule has 148 valence electrons. The molecule has 0 heterocycles. The maximum Gasteiger partial charge on any atom is 0.337 e. The molecule has 0 saturated carbocycles. The van der Waals surface area contributed by atoms with Crippen LogP contribution in [0.4, 0.5) is 5.69 Å². The van der Waals surface area contributed by atoms with Gasteiger partial charge >= 0.3 is 11.9 Å². The van der Waals surface area contributed by atoms with Crippen molar-refractivity contribution in [2.24, 2.45) is 0 Å². The van der Waals surface area contributed by atoms with E-state index in [1.165, 1.54) is 58.8 Å². The highest BCUT2D eigenvalue weighted by Gasteiger charge is 2.18. The van der Waals surface area contributed by atoms with Crippen LogP contribution in [0.5, 0.6) is 11.5 Å². The molecule has 28 heavy (non-hydrogen) atoms. The number of halogens is 1. The van der Waals surface area contributed by atoms with Gasteiger partial charge in [0.1, 0.15) is 0 Å². The van der Waals surface area contributed by atoms with Crippen molar-refractivity contribution >= 4 is 35.1 Å². The number of benzene rings is 2. The van der Waals surface area contributed by atoms with Gasteiger partial charge in [0.15, 0.2) is 11.5 Å². The maximum atomic E-state index is 12.6. The average molecular weight is 408 g/mol. The molecule has 0 aliphatic carbocycles. The number of hydrogen-bond acceptors (Lipinski definition) is 7. The lowest BCUT2D eigenvalue weighted by molar-refractivity contribution is 0.0599. The van der Waals surface area contributed by atoms with Crippen LogP contribution < -0.4 is 14.8 Å². The van der Waals surface area contributed by atoms with Gasteiger partial charge in [-0.1, -0.05) is 11.6 Å². The second kappa shape index (κ2) is 9.09. The number of carbonyl (C=O) groups excluding carboxylic acids is 3. The zero-order valence-electron chi connectivity index (χ0n) is 15.6. The molecule has 0 radical (unpaired) electrons. The Morgan fingerprint density at radius 1 is 0.786 bits per heavy atom. The van der Waals surface area contributed by atoms with Gasteiger partial charge in [-0.05, 0) is 30.3 Å². The van der Waals surface area contributed by atoms with Gasteiger partial charge < -0.3 is 24.3 Å². The van der Waals surface area contributed by atoms with Gasteiger partial charge in [-0.3, -0.25) is 4.79 Å². The van der Waals surface area contributed by atoms with Crippen molar-refractivity contribution in [2.45, 2.75) is 0 Å². The molecule has 9 heteroatoms. The number of carbonyl (C=O) groups is 3. The molecule has 1 amide bonds. The van der Waals surface area contributed by atoms with E-state index >= 15 is 0 Å². The summed E-state index contributed by atoms with van der Waals surface area (Å²) in [7, 11) is 5.25. The van der Waals surface area contributed by atoms with E-state index in [-0.39, 0.29) is 33.1 Å². The van der Waals surface area contributed by atoms with Crippen LogP contribution in [0.1, 0.15) is 31.1 Å². The molecule has 2 aromatic carbocycles. The molecule has 0 spiro atoms. The van der Waals surface area contributed by atoms with E-state index in [1.54, 1.807) is 0 Å². The molecule has 2 rings (SSSR count). The first-order valence-corrected chi connectivity index (χ1v) is 8.27. The lowest BCUT2D eigenvalue weighted by Crippen LogP contribution is -2.14. The molecule has 0 bridgehead atoms. The number of methoxy groups -OCH3 is 4. The molecule has 0 aliphatic heterocycles. The van der Waals surface area contributed by atoms with E-state index < -0.39 is 17.8 Å². The van der Waals surface area contributed by atoms with Crippen LogP contribution in [0.15, 0.2) is 30.3 Å². The van der Waals surface area contributed by atoms with E-state index in [1.807, 2.05) is 0 Å². The molecule has 0 aromatic heterocycles. The minimum atomic E-state index is -0.671. The van der Waals surface area contributed by atoms with Gasteiger partial charge in [-0.25, -0.2) is 9.59 Å². The topological polar surface area (TPSA) is 100 Å². The number of hydrogen-bond donors (Lipinski definition) is 1. The highest BCUT2D eigenvalue weighted by molar-refractivity contribution is 6.32. The molecule has 0 saturated heterocycles. The third kappa shape index (κ3) is 4.52. The van der Waals surface area contributed by atoms with Crippen molar-refractivity contribution in [1.82, 2.24) is 0 Å². The smallest absolute Gasteiger partial charge is 0.337 e. The molecule has 8 nitrogen and oxygen atoms in total. The summed E-state index contributed by atoms with van der Waals surface area (Å²) in [5.74, 6) is -1.31. The molecule has 0 fully saturated rings. The van der Waals surface area contributed by atoms with Gasteiger partial charge in [0.25, 0.3) is 5.91 Å². The van der Waals surface area contributed by atoms with E-state index in [9.17, 15) is 14.4 Å². The predicted molar refractivity (Wildman–Crippen MR) is 102 cm³/mol. The minimum Gasteiger partial charge on any atom is -0.493 e. The molecule has 2 aromatic rings. The normalized spacial score (nSPS) is 10.0. The Hall–Kier alpha value is -3.26. The average Bonchev–Trinajstić information content (AvgIpc) is 2.71. The quantitative estimate of drug-likeness (QED) is 0.734. The van der Waals surface area contributed by atoms with Crippen LogP contribution in [0, 0.1) is 0 Å². The summed E-state index contributed by atoms with van der Waals surface area (Å²) in [6.45, 7) is 0. The van der Waals surface area contributed by atoms with Crippen LogP contribution in [-0.2, 0) is 9.47 Å². The molecular weight excluding hydrogens is 390 g/mol. The third-order valence-electron chi connectivity index (χ3n) is 3.73. The lowest BCUT2D eigenvalue weighted by atomic mass is 10.1. The largest absolute Gasteiger partial charge is 0.493 e. The number of esters is 2. The van der Waals surface area contributed by atoms with Crippen molar-refractivity contribution < 1.29 is 33.3 Å². The number of amides is 1. The monoisotopic (exact) mass is 407 g/mol. The first-order valence-electron chi connectivity index (χ1n) is 7.89. The number of rotatable bonds is 6. The van der Waals surface area contributed by atoms with Crippen LogP contribution in [0.3, 0.4) is 0 Å². The van der Waals surface area contributed by atoms with Crippen molar-refractivity contribution in [3.63, 3.8) is 0 Å².